The van der Waals surface area contributed by atoms with E-state index < -0.39 is 21.8 Å². The highest BCUT2D eigenvalue weighted by atomic mass is 35.5. The lowest BCUT2D eigenvalue weighted by atomic mass is 10.2. The molecular formula is C18H18Cl3N3O4S. The van der Waals surface area contributed by atoms with Crippen LogP contribution in [0.1, 0.15) is 10.4 Å². The number of rotatable bonds is 6. The standard InChI is InChI=1S/C18H18Cl3N3O4S/c1-23(2)29(27,28)11-7-8-13(19)12(9-11)18(26)24(3)10-16(25)22-17-14(20)5-4-6-15(17)21/h4-9H,10H2,1-3H3,(H,22,25). The zero-order valence-corrected chi connectivity index (χ0v) is 18.8. The Balaban J connectivity index is 2.21. The number of hydrogen-bond donors (Lipinski definition) is 1. The van der Waals surface area contributed by atoms with E-state index in [0.717, 1.165) is 9.21 Å². The lowest BCUT2D eigenvalue weighted by molar-refractivity contribution is -0.116. The average molecular weight is 479 g/mol. The Labute approximate surface area is 184 Å². The highest BCUT2D eigenvalue weighted by Gasteiger charge is 2.23. The van der Waals surface area contributed by atoms with Gasteiger partial charge in [-0.1, -0.05) is 40.9 Å². The number of hydrogen-bond acceptors (Lipinski definition) is 4. The number of likely N-dealkylation sites (N-methyl/N-ethyl adjacent to an activating group) is 1. The number of sulfonamides is 1. The van der Waals surface area contributed by atoms with Gasteiger partial charge in [-0.2, -0.15) is 0 Å². The Morgan fingerprint density at radius 3 is 2.10 bits per heavy atom. The molecular weight excluding hydrogens is 461 g/mol. The number of carbonyl (C=O) groups excluding carboxylic acids is 2. The topological polar surface area (TPSA) is 86.8 Å². The van der Waals surface area contributed by atoms with E-state index in [1.807, 2.05) is 0 Å². The maximum absolute atomic E-state index is 12.7. The van der Waals surface area contributed by atoms with E-state index in [4.69, 9.17) is 34.8 Å². The molecule has 0 aliphatic rings. The van der Waals surface area contributed by atoms with Crippen molar-refractivity contribution in [1.29, 1.82) is 0 Å². The summed E-state index contributed by atoms with van der Waals surface area (Å²) in [4.78, 5) is 26.1. The third kappa shape index (κ3) is 5.40. The Bertz CT molecular complexity index is 1040. The van der Waals surface area contributed by atoms with Crippen molar-refractivity contribution >= 4 is 62.3 Å². The van der Waals surface area contributed by atoms with Gasteiger partial charge in [0.2, 0.25) is 15.9 Å². The zero-order chi connectivity index (χ0) is 21.9. The number of para-hydroxylation sites is 1. The summed E-state index contributed by atoms with van der Waals surface area (Å²) in [5.41, 5.74) is 0.194. The van der Waals surface area contributed by atoms with Gasteiger partial charge in [-0.3, -0.25) is 9.59 Å². The maximum Gasteiger partial charge on any atom is 0.255 e. The molecule has 0 saturated carbocycles. The molecule has 0 unspecified atom stereocenters. The first-order chi connectivity index (χ1) is 13.4. The average Bonchev–Trinajstić information content (AvgIpc) is 2.64. The lowest BCUT2D eigenvalue weighted by Crippen LogP contribution is -2.35. The van der Waals surface area contributed by atoms with Crippen LogP contribution >= 0.6 is 34.8 Å². The fourth-order valence-corrected chi connectivity index (χ4v) is 3.95. The summed E-state index contributed by atoms with van der Waals surface area (Å²) < 4.78 is 25.6. The summed E-state index contributed by atoms with van der Waals surface area (Å²) in [7, 11) is 0.389. The quantitative estimate of drug-likeness (QED) is 0.687. The molecule has 2 aromatic carbocycles. The molecule has 0 aliphatic carbocycles. The summed E-state index contributed by atoms with van der Waals surface area (Å²) in [6, 6.07) is 8.57. The van der Waals surface area contributed by atoms with Gasteiger partial charge in [-0.05, 0) is 30.3 Å². The number of anilines is 1. The largest absolute Gasteiger partial charge is 0.332 e. The molecule has 0 heterocycles. The molecule has 0 atom stereocenters. The van der Waals surface area contributed by atoms with Crippen LogP contribution < -0.4 is 5.32 Å². The smallest absolute Gasteiger partial charge is 0.255 e. The molecule has 156 valence electrons. The predicted octanol–water partition coefficient (Wildman–Crippen LogP) is 3.61. The van der Waals surface area contributed by atoms with Crippen molar-refractivity contribution in [3.05, 3.63) is 57.0 Å². The highest BCUT2D eigenvalue weighted by molar-refractivity contribution is 7.89. The Hall–Kier alpha value is -1.84. The normalized spacial score (nSPS) is 11.4. The van der Waals surface area contributed by atoms with Crippen molar-refractivity contribution in [1.82, 2.24) is 9.21 Å². The van der Waals surface area contributed by atoms with Gasteiger partial charge in [0, 0.05) is 21.1 Å². The number of carbonyl (C=O) groups is 2. The molecule has 0 spiro atoms. The Kier molecular flexibility index (Phi) is 7.53. The minimum atomic E-state index is -3.75. The van der Waals surface area contributed by atoms with Gasteiger partial charge in [0.25, 0.3) is 5.91 Å². The number of benzene rings is 2. The van der Waals surface area contributed by atoms with Gasteiger partial charge >= 0.3 is 0 Å². The SMILES string of the molecule is CN(CC(=O)Nc1c(Cl)cccc1Cl)C(=O)c1cc(S(=O)(=O)N(C)C)ccc1Cl. The van der Waals surface area contributed by atoms with Crippen molar-refractivity contribution < 1.29 is 18.0 Å². The predicted molar refractivity (Wildman–Crippen MR) is 114 cm³/mol. The van der Waals surface area contributed by atoms with Crippen LogP contribution in [0.15, 0.2) is 41.3 Å². The summed E-state index contributed by atoms with van der Waals surface area (Å²) in [6.07, 6.45) is 0. The first kappa shape index (κ1) is 23.4. The van der Waals surface area contributed by atoms with Gasteiger partial charge in [-0.25, -0.2) is 12.7 Å². The van der Waals surface area contributed by atoms with Gasteiger partial charge in [0.15, 0.2) is 0 Å². The highest BCUT2D eigenvalue weighted by Crippen LogP contribution is 2.29. The fourth-order valence-electron chi connectivity index (χ4n) is 2.33. The fraction of sp³-hybridized carbons (Fsp3) is 0.222. The third-order valence-corrected chi connectivity index (χ3v) is 6.67. The summed E-state index contributed by atoms with van der Waals surface area (Å²) in [5, 5.41) is 3.12. The second kappa shape index (κ2) is 9.32. The summed E-state index contributed by atoms with van der Waals surface area (Å²) in [5.74, 6) is -1.16. The molecule has 0 saturated heterocycles. The molecule has 2 amide bonds. The van der Waals surface area contributed by atoms with Crippen LogP contribution in [0.5, 0.6) is 0 Å². The Morgan fingerprint density at radius 2 is 1.55 bits per heavy atom. The molecule has 7 nitrogen and oxygen atoms in total. The molecule has 11 heteroatoms. The Morgan fingerprint density at radius 1 is 0.966 bits per heavy atom. The van der Waals surface area contributed by atoms with E-state index in [1.54, 1.807) is 18.2 Å². The third-order valence-electron chi connectivity index (χ3n) is 3.90. The van der Waals surface area contributed by atoms with Crippen LogP contribution in [0.2, 0.25) is 15.1 Å². The van der Waals surface area contributed by atoms with Crippen LogP contribution in [0.25, 0.3) is 0 Å². The molecule has 1 N–H and O–H groups in total. The van der Waals surface area contributed by atoms with Crippen LogP contribution in [0.4, 0.5) is 5.69 Å². The van der Waals surface area contributed by atoms with Gasteiger partial charge in [0.1, 0.15) is 0 Å². The number of halogens is 3. The van der Waals surface area contributed by atoms with E-state index in [9.17, 15) is 18.0 Å². The van der Waals surface area contributed by atoms with Crippen LogP contribution in [-0.4, -0.2) is 57.1 Å². The van der Waals surface area contributed by atoms with E-state index in [-0.39, 0.29) is 37.8 Å². The molecule has 0 bridgehead atoms. The molecule has 2 aromatic rings. The number of nitrogens with one attached hydrogen (secondary N) is 1. The van der Waals surface area contributed by atoms with E-state index in [2.05, 4.69) is 5.32 Å². The van der Waals surface area contributed by atoms with Gasteiger partial charge in [-0.15, -0.1) is 0 Å². The molecule has 29 heavy (non-hydrogen) atoms. The second-order valence-electron chi connectivity index (χ2n) is 6.24. The molecule has 0 aromatic heterocycles. The molecule has 0 radical (unpaired) electrons. The first-order valence-electron chi connectivity index (χ1n) is 8.16. The minimum Gasteiger partial charge on any atom is -0.332 e. The van der Waals surface area contributed by atoms with Crippen molar-refractivity contribution in [2.45, 2.75) is 4.90 Å². The monoisotopic (exact) mass is 477 g/mol. The van der Waals surface area contributed by atoms with Gasteiger partial charge < -0.3 is 10.2 Å². The summed E-state index contributed by atoms with van der Waals surface area (Å²) in [6.45, 7) is -0.332. The maximum atomic E-state index is 12.7. The van der Waals surface area contributed by atoms with Crippen molar-refractivity contribution in [3.8, 4) is 0 Å². The van der Waals surface area contributed by atoms with E-state index in [0.29, 0.717) is 0 Å². The summed E-state index contributed by atoms with van der Waals surface area (Å²) >= 11 is 18.1. The zero-order valence-electron chi connectivity index (χ0n) is 15.7. The molecule has 2 rings (SSSR count). The van der Waals surface area contributed by atoms with Crippen LogP contribution in [0, 0.1) is 0 Å². The second-order valence-corrected chi connectivity index (χ2v) is 9.61. The van der Waals surface area contributed by atoms with Crippen molar-refractivity contribution in [2.75, 3.05) is 33.0 Å². The number of amides is 2. The van der Waals surface area contributed by atoms with Crippen LogP contribution in [0.3, 0.4) is 0 Å². The first-order valence-corrected chi connectivity index (χ1v) is 10.7. The van der Waals surface area contributed by atoms with E-state index >= 15 is 0 Å². The van der Waals surface area contributed by atoms with Crippen LogP contribution in [-0.2, 0) is 14.8 Å². The van der Waals surface area contributed by atoms with Crippen molar-refractivity contribution in [3.63, 3.8) is 0 Å². The van der Waals surface area contributed by atoms with Crippen molar-refractivity contribution in [2.24, 2.45) is 0 Å². The molecule has 0 fully saturated rings. The lowest BCUT2D eigenvalue weighted by Gasteiger charge is -2.19. The minimum absolute atomic E-state index is 0.0410. The van der Waals surface area contributed by atoms with Gasteiger partial charge in [0.05, 0.1) is 37.8 Å². The molecule has 0 aliphatic heterocycles. The van der Waals surface area contributed by atoms with E-state index in [1.165, 1.54) is 39.3 Å². The number of nitrogens with zero attached hydrogens (tertiary/aromatic N) is 2.